The number of aromatic nitrogens is 1. The largest absolute Gasteiger partial charge is 0.444 e. The maximum atomic E-state index is 11.5. The Hall–Kier alpha value is -1.82. The minimum Gasteiger partial charge on any atom is -0.444 e. The van der Waals surface area contributed by atoms with E-state index in [4.69, 9.17) is 4.74 Å². The van der Waals surface area contributed by atoms with Gasteiger partial charge in [-0.15, -0.1) is 0 Å². The Kier molecular flexibility index (Phi) is 5.24. The SMILES string of the molecule is CC(C)(C)OC(=O)NCCNc1cccc2cc(Br)cnc12. The first kappa shape index (κ1) is 16.5. The van der Waals surface area contributed by atoms with Crippen molar-refractivity contribution in [2.45, 2.75) is 26.4 Å². The average Bonchev–Trinajstić information content (AvgIpc) is 2.41. The smallest absolute Gasteiger partial charge is 0.407 e. The number of nitrogens with one attached hydrogen (secondary N) is 2. The van der Waals surface area contributed by atoms with Crippen LogP contribution in [0.4, 0.5) is 10.5 Å². The van der Waals surface area contributed by atoms with Gasteiger partial charge in [-0.2, -0.15) is 0 Å². The lowest BCUT2D eigenvalue weighted by Crippen LogP contribution is -2.35. The lowest BCUT2D eigenvalue weighted by molar-refractivity contribution is 0.0530. The summed E-state index contributed by atoms with van der Waals surface area (Å²) < 4.78 is 6.13. The van der Waals surface area contributed by atoms with E-state index >= 15 is 0 Å². The van der Waals surface area contributed by atoms with Crippen molar-refractivity contribution in [1.29, 1.82) is 0 Å². The van der Waals surface area contributed by atoms with E-state index in [1.54, 1.807) is 6.20 Å². The highest BCUT2D eigenvalue weighted by Crippen LogP contribution is 2.23. The van der Waals surface area contributed by atoms with Crippen molar-refractivity contribution in [2.24, 2.45) is 0 Å². The molecule has 0 saturated carbocycles. The maximum Gasteiger partial charge on any atom is 0.407 e. The number of para-hydroxylation sites is 1. The van der Waals surface area contributed by atoms with Crippen molar-refractivity contribution in [3.63, 3.8) is 0 Å². The van der Waals surface area contributed by atoms with Crippen LogP contribution in [0.2, 0.25) is 0 Å². The van der Waals surface area contributed by atoms with Crippen LogP contribution in [-0.2, 0) is 4.74 Å². The lowest BCUT2D eigenvalue weighted by Gasteiger charge is -2.19. The van der Waals surface area contributed by atoms with Crippen LogP contribution in [0, 0.1) is 0 Å². The van der Waals surface area contributed by atoms with Gasteiger partial charge in [0.05, 0.1) is 11.2 Å². The summed E-state index contributed by atoms with van der Waals surface area (Å²) in [6.07, 6.45) is 1.36. The summed E-state index contributed by atoms with van der Waals surface area (Å²) in [4.78, 5) is 16.0. The predicted molar refractivity (Wildman–Crippen MR) is 92.2 cm³/mol. The summed E-state index contributed by atoms with van der Waals surface area (Å²) in [5, 5.41) is 7.05. The van der Waals surface area contributed by atoms with Crippen molar-refractivity contribution in [2.75, 3.05) is 18.4 Å². The molecular formula is C16H20BrN3O2. The van der Waals surface area contributed by atoms with Crippen molar-refractivity contribution >= 4 is 38.6 Å². The van der Waals surface area contributed by atoms with Gasteiger partial charge in [-0.05, 0) is 48.8 Å². The van der Waals surface area contributed by atoms with Gasteiger partial charge in [-0.1, -0.05) is 12.1 Å². The molecule has 118 valence electrons. The number of carbonyl (C=O) groups excluding carboxylic acids is 1. The van der Waals surface area contributed by atoms with Gasteiger partial charge < -0.3 is 15.4 Å². The van der Waals surface area contributed by atoms with Gasteiger partial charge in [0, 0.05) is 29.1 Å². The molecule has 0 radical (unpaired) electrons. The van der Waals surface area contributed by atoms with Gasteiger partial charge in [0.25, 0.3) is 0 Å². The number of benzene rings is 1. The quantitative estimate of drug-likeness (QED) is 0.805. The number of amides is 1. The molecule has 6 heteroatoms. The fraction of sp³-hybridized carbons (Fsp3) is 0.375. The normalized spacial score (nSPS) is 11.3. The van der Waals surface area contributed by atoms with E-state index in [0.717, 1.165) is 21.1 Å². The Morgan fingerprint density at radius 1 is 1.32 bits per heavy atom. The zero-order chi connectivity index (χ0) is 16.2. The summed E-state index contributed by atoms with van der Waals surface area (Å²) in [5.41, 5.74) is 1.36. The second kappa shape index (κ2) is 6.96. The maximum absolute atomic E-state index is 11.5. The third kappa shape index (κ3) is 4.87. The predicted octanol–water partition coefficient (Wildman–Crippen LogP) is 3.93. The topological polar surface area (TPSA) is 63.2 Å². The van der Waals surface area contributed by atoms with E-state index < -0.39 is 11.7 Å². The molecule has 0 aliphatic carbocycles. The van der Waals surface area contributed by atoms with Gasteiger partial charge >= 0.3 is 6.09 Å². The molecule has 1 aromatic heterocycles. The number of fused-ring (bicyclic) bond motifs is 1. The molecule has 0 fully saturated rings. The van der Waals surface area contributed by atoms with E-state index in [2.05, 4.69) is 31.5 Å². The van der Waals surface area contributed by atoms with Crippen LogP contribution in [-0.4, -0.2) is 29.8 Å². The standard InChI is InChI=1S/C16H20BrN3O2/c1-16(2,3)22-15(21)19-8-7-18-13-6-4-5-11-9-12(17)10-20-14(11)13/h4-6,9-10,18H,7-8H2,1-3H3,(H,19,21). The second-order valence-corrected chi connectivity index (χ2v) is 6.80. The van der Waals surface area contributed by atoms with Crippen LogP contribution >= 0.6 is 15.9 Å². The van der Waals surface area contributed by atoms with Gasteiger partial charge in [0.1, 0.15) is 5.60 Å². The molecule has 0 unspecified atom stereocenters. The van der Waals surface area contributed by atoms with E-state index in [1.807, 2.05) is 45.0 Å². The number of ether oxygens (including phenoxy) is 1. The molecule has 0 spiro atoms. The summed E-state index contributed by atoms with van der Waals surface area (Å²) in [7, 11) is 0. The Morgan fingerprint density at radius 2 is 2.09 bits per heavy atom. The lowest BCUT2D eigenvalue weighted by atomic mass is 10.2. The van der Waals surface area contributed by atoms with E-state index in [9.17, 15) is 4.79 Å². The number of carbonyl (C=O) groups is 1. The van der Waals surface area contributed by atoms with Crippen molar-refractivity contribution in [1.82, 2.24) is 10.3 Å². The summed E-state index contributed by atoms with van der Waals surface area (Å²) in [6.45, 7) is 6.58. The summed E-state index contributed by atoms with van der Waals surface area (Å²) in [5.74, 6) is 0. The van der Waals surface area contributed by atoms with E-state index in [0.29, 0.717) is 13.1 Å². The highest BCUT2D eigenvalue weighted by atomic mass is 79.9. The molecule has 2 aromatic rings. The number of pyridine rings is 1. The molecule has 5 nitrogen and oxygen atoms in total. The monoisotopic (exact) mass is 365 g/mol. The Bertz CT molecular complexity index is 668. The van der Waals surface area contributed by atoms with Crippen molar-refractivity contribution < 1.29 is 9.53 Å². The fourth-order valence-corrected chi connectivity index (χ4v) is 2.30. The molecule has 0 aliphatic heterocycles. The zero-order valence-electron chi connectivity index (χ0n) is 12.9. The molecule has 22 heavy (non-hydrogen) atoms. The molecular weight excluding hydrogens is 346 g/mol. The fourth-order valence-electron chi connectivity index (χ4n) is 1.95. The van der Waals surface area contributed by atoms with Crippen LogP contribution in [0.15, 0.2) is 34.9 Å². The third-order valence-corrected chi connectivity index (χ3v) is 3.22. The number of anilines is 1. The molecule has 2 rings (SSSR count). The molecule has 1 heterocycles. The Balaban J connectivity index is 1.89. The first-order chi connectivity index (χ1) is 10.3. The van der Waals surface area contributed by atoms with E-state index in [1.165, 1.54) is 0 Å². The highest BCUT2D eigenvalue weighted by Gasteiger charge is 2.15. The molecule has 0 bridgehead atoms. The first-order valence-corrected chi connectivity index (χ1v) is 7.89. The second-order valence-electron chi connectivity index (χ2n) is 5.89. The van der Waals surface area contributed by atoms with Gasteiger partial charge in [-0.25, -0.2) is 4.79 Å². The van der Waals surface area contributed by atoms with Gasteiger partial charge in [0.2, 0.25) is 0 Å². The average molecular weight is 366 g/mol. The van der Waals surface area contributed by atoms with Crippen LogP contribution in [0.25, 0.3) is 10.9 Å². The summed E-state index contributed by atoms with van der Waals surface area (Å²) in [6, 6.07) is 7.97. The van der Waals surface area contributed by atoms with Crippen LogP contribution in [0.1, 0.15) is 20.8 Å². The van der Waals surface area contributed by atoms with Crippen LogP contribution in [0.3, 0.4) is 0 Å². The van der Waals surface area contributed by atoms with Crippen molar-refractivity contribution in [3.05, 3.63) is 34.9 Å². The first-order valence-electron chi connectivity index (χ1n) is 7.10. The zero-order valence-corrected chi connectivity index (χ0v) is 14.5. The number of hydrogen-bond donors (Lipinski definition) is 2. The molecule has 1 amide bonds. The molecule has 0 aliphatic rings. The van der Waals surface area contributed by atoms with Crippen LogP contribution in [0.5, 0.6) is 0 Å². The highest BCUT2D eigenvalue weighted by molar-refractivity contribution is 9.10. The number of hydrogen-bond acceptors (Lipinski definition) is 4. The summed E-state index contributed by atoms with van der Waals surface area (Å²) >= 11 is 3.42. The minimum atomic E-state index is -0.482. The molecule has 0 saturated heterocycles. The van der Waals surface area contributed by atoms with Gasteiger partial charge in [0.15, 0.2) is 0 Å². The molecule has 2 N–H and O–H groups in total. The van der Waals surface area contributed by atoms with Crippen molar-refractivity contribution in [3.8, 4) is 0 Å². The minimum absolute atomic E-state index is 0.408. The Morgan fingerprint density at radius 3 is 2.82 bits per heavy atom. The number of alkyl carbamates (subject to hydrolysis) is 1. The third-order valence-electron chi connectivity index (χ3n) is 2.79. The molecule has 0 atom stereocenters. The number of nitrogens with zero attached hydrogens (tertiary/aromatic N) is 1. The van der Waals surface area contributed by atoms with Gasteiger partial charge in [-0.3, -0.25) is 4.98 Å². The van der Waals surface area contributed by atoms with Crippen LogP contribution < -0.4 is 10.6 Å². The molecule has 1 aromatic carbocycles. The number of halogens is 1. The number of rotatable bonds is 4. The Labute approximate surface area is 138 Å². The van der Waals surface area contributed by atoms with E-state index in [-0.39, 0.29) is 0 Å².